The lowest BCUT2D eigenvalue weighted by atomic mass is 10.1. The van der Waals surface area contributed by atoms with Crippen LogP contribution in [0.15, 0.2) is 42.6 Å². The van der Waals surface area contributed by atoms with Gasteiger partial charge in [0.2, 0.25) is 0 Å². The molecule has 0 heterocycles. The molecule has 1 aromatic rings. The molecular weight excluding hydrogens is 136 g/mol. The Bertz CT molecular complexity index is 262. The second-order valence-electron chi connectivity index (χ2n) is 2.14. The van der Waals surface area contributed by atoms with Gasteiger partial charge < -0.3 is 11.1 Å². The van der Waals surface area contributed by atoms with Gasteiger partial charge in [0, 0.05) is 0 Å². The number of hydrogen-bond acceptors (Lipinski definition) is 2. The lowest BCUT2D eigenvalue weighted by Crippen LogP contribution is -1.94. The Morgan fingerprint density at radius 2 is 1.91 bits per heavy atom. The number of rotatable bonds is 2. The lowest BCUT2D eigenvalue weighted by molar-refractivity contribution is 1.48. The molecule has 0 aromatic heterocycles. The Kier molecular flexibility index (Phi) is 2.44. The molecule has 2 heteroatoms. The van der Waals surface area contributed by atoms with Crippen molar-refractivity contribution in [2.24, 2.45) is 5.73 Å². The van der Waals surface area contributed by atoms with E-state index in [0.29, 0.717) is 5.71 Å². The van der Waals surface area contributed by atoms with Crippen LogP contribution in [0.2, 0.25) is 0 Å². The summed E-state index contributed by atoms with van der Waals surface area (Å²) < 4.78 is 0. The minimum Gasteiger partial charge on any atom is -0.405 e. The first kappa shape index (κ1) is 7.54. The first-order chi connectivity index (χ1) is 5.34. The van der Waals surface area contributed by atoms with Gasteiger partial charge in [0.15, 0.2) is 0 Å². The predicted octanol–water partition coefficient (Wildman–Crippen LogP) is 1.53. The highest BCUT2D eigenvalue weighted by Crippen LogP contribution is 1.99. The second-order valence-corrected chi connectivity index (χ2v) is 2.14. The number of hydrogen-bond donors (Lipinski definition) is 2. The summed E-state index contributed by atoms with van der Waals surface area (Å²) in [5.41, 5.74) is 6.47. The van der Waals surface area contributed by atoms with Gasteiger partial charge in [0.1, 0.15) is 0 Å². The molecule has 0 aliphatic carbocycles. The molecule has 0 bridgehead atoms. The third-order valence-electron chi connectivity index (χ3n) is 1.35. The number of nitrogens with two attached hydrogens (primary N) is 1. The molecule has 3 N–H and O–H groups in total. The highest BCUT2D eigenvalue weighted by Gasteiger charge is 1.92. The van der Waals surface area contributed by atoms with E-state index in [2.05, 4.69) is 0 Å². The minimum atomic E-state index is 0.438. The Hall–Kier alpha value is -1.57. The van der Waals surface area contributed by atoms with E-state index < -0.39 is 0 Å². The van der Waals surface area contributed by atoms with Crippen LogP contribution in [0.5, 0.6) is 0 Å². The van der Waals surface area contributed by atoms with Crippen LogP contribution in [-0.4, -0.2) is 5.71 Å². The third-order valence-corrected chi connectivity index (χ3v) is 1.35. The van der Waals surface area contributed by atoms with E-state index in [1.165, 1.54) is 6.20 Å². The monoisotopic (exact) mass is 146 g/mol. The summed E-state index contributed by atoms with van der Waals surface area (Å²) in [5.74, 6) is 0. The number of nitrogens with one attached hydrogen (secondary N) is 1. The molecule has 0 unspecified atom stereocenters. The summed E-state index contributed by atoms with van der Waals surface area (Å²) >= 11 is 0. The normalized spacial score (nSPS) is 10.2. The topological polar surface area (TPSA) is 49.9 Å². The van der Waals surface area contributed by atoms with E-state index >= 15 is 0 Å². The van der Waals surface area contributed by atoms with Crippen molar-refractivity contribution < 1.29 is 0 Å². The molecule has 0 atom stereocenters. The molecular formula is C9H10N2. The van der Waals surface area contributed by atoms with Crippen LogP contribution >= 0.6 is 0 Å². The molecule has 0 spiro atoms. The van der Waals surface area contributed by atoms with E-state index in [0.717, 1.165) is 5.56 Å². The summed E-state index contributed by atoms with van der Waals surface area (Å²) in [6, 6.07) is 9.47. The first-order valence-electron chi connectivity index (χ1n) is 3.37. The van der Waals surface area contributed by atoms with Crippen molar-refractivity contribution in [3.8, 4) is 0 Å². The van der Waals surface area contributed by atoms with Gasteiger partial charge in [-0.05, 0) is 17.8 Å². The van der Waals surface area contributed by atoms with Crippen molar-refractivity contribution in [1.82, 2.24) is 0 Å². The smallest absolute Gasteiger partial charge is 0.0626 e. The van der Waals surface area contributed by atoms with E-state index in [1.807, 2.05) is 30.3 Å². The lowest BCUT2D eigenvalue weighted by Gasteiger charge is -1.95. The largest absolute Gasteiger partial charge is 0.405 e. The fourth-order valence-electron chi connectivity index (χ4n) is 0.810. The molecule has 11 heavy (non-hydrogen) atoms. The highest BCUT2D eigenvalue weighted by atomic mass is 14.5. The van der Waals surface area contributed by atoms with Gasteiger partial charge in [-0.1, -0.05) is 30.3 Å². The van der Waals surface area contributed by atoms with Crippen molar-refractivity contribution in [1.29, 1.82) is 5.41 Å². The van der Waals surface area contributed by atoms with Crippen LogP contribution in [0.4, 0.5) is 0 Å². The van der Waals surface area contributed by atoms with Gasteiger partial charge in [-0.25, -0.2) is 0 Å². The van der Waals surface area contributed by atoms with Crippen LogP contribution in [0.1, 0.15) is 5.56 Å². The zero-order valence-corrected chi connectivity index (χ0v) is 6.12. The Morgan fingerprint density at radius 1 is 1.27 bits per heavy atom. The van der Waals surface area contributed by atoms with Gasteiger partial charge in [0.05, 0.1) is 5.71 Å². The molecule has 1 rings (SSSR count). The van der Waals surface area contributed by atoms with Gasteiger partial charge in [-0.15, -0.1) is 0 Å². The van der Waals surface area contributed by atoms with Gasteiger partial charge in [0.25, 0.3) is 0 Å². The van der Waals surface area contributed by atoms with E-state index in [1.54, 1.807) is 6.08 Å². The second kappa shape index (κ2) is 3.56. The summed E-state index contributed by atoms with van der Waals surface area (Å²) in [6.45, 7) is 0. The van der Waals surface area contributed by atoms with Crippen LogP contribution in [0, 0.1) is 5.41 Å². The van der Waals surface area contributed by atoms with Gasteiger partial charge in [-0.3, -0.25) is 0 Å². The number of benzene rings is 1. The molecule has 2 nitrogen and oxygen atoms in total. The van der Waals surface area contributed by atoms with Crippen molar-refractivity contribution in [3.05, 3.63) is 48.2 Å². The predicted molar refractivity (Wildman–Crippen MR) is 46.6 cm³/mol. The van der Waals surface area contributed by atoms with Gasteiger partial charge >= 0.3 is 0 Å². The zero-order chi connectivity index (χ0) is 8.10. The Morgan fingerprint density at radius 3 is 2.45 bits per heavy atom. The average molecular weight is 146 g/mol. The summed E-state index contributed by atoms with van der Waals surface area (Å²) in [4.78, 5) is 0. The average Bonchev–Trinajstić information content (AvgIpc) is 2.07. The van der Waals surface area contributed by atoms with Crippen LogP contribution in [0.3, 0.4) is 0 Å². The van der Waals surface area contributed by atoms with E-state index in [-0.39, 0.29) is 0 Å². The van der Waals surface area contributed by atoms with Crippen LogP contribution in [-0.2, 0) is 0 Å². The maximum atomic E-state index is 7.46. The standard InChI is InChI=1S/C9H10N2/c10-7-6-9(11)8-4-2-1-3-5-8/h1-7,11H,10H2/b7-6-,11-9?. The third kappa shape index (κ3) is 1.93. The minimum absolute atomic E-state index is 0.438. The van der Waals surface area contributed by atoms with E-state index in [9.17, 15) is 0 Å². The molecule has 0 aliphatic heterocycles. The van der Waals surface area contributed by atoms with Crippen LogP contribution < -0.4 is 5.73 Å². The van der Waals surface area contributed by atoms with Crippen molar-refractivity contribution >= 4 is 5.71 Å². The quantitative estimate of drug-likeness (QED) is 0.611. The highest BCUT2D eigenvalue weighted by molar-refractivity contribution is 6.06. The van der Waals surface area contributed by atoms with Gasteiger partial charge in [-0.2, -0.15) is 0 Å². The SMILES string of the molecule is N=C(/C=C\N)c1ccccc1. The zero-order valence-electron chi connectivity index (χ0n) is 6.12. The molecule has 0 radical (unpaired) electrons. The summed E-state index contributed by atoms with van der Waals surface area (Å²) in [7, 11) is 0. The van der Waals surface area contributed by atoms with Crippen molar-refractivity contribution in [3.63, 3.8) is 0 Å². The fourth-order valence-corrected chi connectivity index (χ4v) is 0.810. The summed E-state index contributed by atoms with van der Waals surface area (Å²) in [5, 5.41) is 7.46. The molecule has 1 aromatic carbocycles. The number of allylic oxidation sites excluding steroid dienone is 1. The molecule has 0 fully saturated rings. The molecule has 0 amide bonds. The fraction of sp³-hybridized carbons (Fsp3) is 0. The molecule has 56 valence electrons. The molecule has 0 saturated heterocycles. The Labute approximate surface area is 65.9 Å². The van der Waals surface area contributed by atoms with Crippen LogP contribution in [0.25, 0.3) is 0 Å². The molecule has 0 saturated carbocycles. The maximum Gasteiger partial charge on any atom is 0.0626 e. The van der Waals surface area contributed by atoms with Crippen molar-refractivity contribution in [2.45, 2.75) is 0 Å². The molecule has 0 aliphatic rings. The first-order valence-corrected chi connectivity index (χ1v) is 3.37. The Balaban J connectivity index is 2.86. The maximum absolute atomic E-state index is 7.46. The summed E-state index contributed by atoms with van der Waals surface area (Å²) in [6.07, 6.45) is 2.94. The van der Waals surface area contributed by atoms with Crippen molar-refractivity contribution in [2.75, 3.05) is 0 Å². The van der Waals surface area contributed by atoms with E-state index in [4.69, 9.17) is 11.1 Å².